The number of aromatic nitrogens is 1. The molecule has 94 valence electrons. The summed E-state index contributed by atoms with van der Waals surface area (Å²) in [5, 5.41) is 1.18. The normalized spacial score (nSPS) is 10.9. The summed E-state index contributed by atoms with van der Waals surface area (Å²) in [6.07, 6.45) is 1.47. The van der Waals surface area contributed by atoms with Crippen LogP contribution in [0.25, 0.3) is 10.9 Å². The van der Waals surface area contributed by atoms with Gasteiger partial charge >= 0.3 is 5.97 Å². The van der Waals surface area contributed by atoms with E-state index in [4.69, 9.17) is 11.6 Å². The van der Waals surface area contributed by atoms with E-state index in [9.17, 15) is 4.79 Å². The Balaban J connectivity index is 2.73. The maximum Gasteiger partial charge on any atom is 0.340 e. The standard InChI is InChI=1S/C14H14ClNO2/c1-8(2)9-5-4-6-10-12(15)11(14(17)18-3)7-16-13(9)10/h4-8H,1-3H3. The third-order valence-electron chi connectivity index (χ3n) is 2.89. The van der Waals surface area contributed by atoms with Crippen LogP contribution in [-0.4, -0.2) is 18.1 Å². The van der Waals surface area contributed by atoms with Crippen LogP contribution < -0.4 is 0 Å². The highest BCUT2D eigenvalue weighted by atomic mass is 35.5. The van der Waals surface area contributed by atoms with E-state index in [0.29, 0.717) is 16.5 Å². The Hall–Kier alpha value is -1.61. The van der Waals surface area contributed by atoms with Gasteiger partial charge in [-0.2, -0.15) is 0 Å². The lowest BCUT2D eigenvalue weighted by molar-refractivity contribution is 0.0600. The molecule has 2 aromatic rings. The molecule has 0 aliphatic heterocycles. The predicted octanol–water partition coefficient (Wildman–Crippen LogP) is 3.80. The van der Waals surface area contributed by atoms with E-state index in [1.165, 1.54) is 13.3 Å². The molecule has 18 heavy (non-hydrogen) atoms. The van der Waals surface area contributed by atoms with E-state index < -0.39 is 5.97 Å². The van der Waals surface area contributed by atoms with Crippen LogP contribution in [0.15, 0.2) is 24.4 Å². The van der Waals surface area contributed by atoms with Crippen molar-refractivity contribution in [3.05, 3.63) is 40.5 Å². The van der Waals surface area contributed by atoms with E-state index in [1.807, 2.05) is 18.2 Å². The van der Waals surface area contributed by atoms with Gasteiger partial charge in [0.05, 0.1) is 23.2 Å². The lowest BCUT2D eigenvalue weighted by atomic mass is 9.99. The largest absolute Gasteiger partial charge is 0.465 e. The molecule has 0 spiro atoms. The molecule has 0 aliphatic carbocycles. The number of pyridine rings is 1. The average molecular weight is 264 g/mol. The highest BCUT2D eigenvalue weighted by Crippen LogP contribution is 2.30. The van der Waals surface area contributed by atoms with Gasteiger partial charge in [0, 0.05) is 11.6 Å². The number of benzene rings is 1. The number of hydrogen-bond acceptors (Lipinski definition) is 3. The Bertz CT molecular complexity index is 608. The number of methoxy groups -OCH3 is 1. The van der Waals surface area contributed by atoms with E-state index in [0.717, 1.165) is 16.5 Å². The maximum atomic E-state index is 11.6. The first-order valence-electron chi connectivity index (χ1n) is 5.71. The van der Waals surface area contributed by atoms with Crippen molar-refractivity contribution in [1.82, 2.24) is 4.98 Å². The third kappa shape index (κ3) is 2.06. The Morgan fingerprint density at radius 1 is 1.39 bits per heavy atom. The number of halogens is 1. The van der Waals surface area contributed by atoms with Gasteiger partial charge in [-0.3, -0.25) is 4.98 Å². The van der Waals surface area contributed by atoms with E-state index >= 15 is 0 Å². The van der Waals surface area contributed by atoms with Gasteiger partial charge < -0.3 is 4.74 Å². The van der Waals surface area contributed by atoms with Crippen molar-refractivity contribution in [2.45, 2.75) is 19.8 Å². The molecule has 0 atom stereocenters. The van der Waals surface area contributed by atoms with Crippen molar-refractivity contribution in [3.63, 3.8) is 0 Å². The topological polar surface area (TPSA) is 39.2 Å². The van der Waals surface area contributed by atoms with Gasteiger partial charge in [-0.05, 0) is 11.5 Å². The number of hydrogen-bond donors (Lipinski definition) is 0. The highest BCUT2D eigenvalue weighted by Gasteiger charge is 2.16. The van der Waals surface area contributed by atoms with Gasteiger partial charge in [-0.25, -0.2) is 4.79 Å². The maximum absolute atomic E-state index is 11.6. The van der Waals surface area contributed by atoms with Crippen LogP contribution in [-0.2, 0) is 4.74 Å². The summed E-state index contributed by atoms with van der Waals surface area (Å²) in [6, 6.07) is 5.81. The number of esters is 1. The van der Waals surface area contributed by atoms with E-state index in [2.05, 4.69) is 23.6 Å². The van der Waals surface area contributed by atoms with Crippen molar-refractivity contribution in [1.29, 1.82) is 0 Å². The van der Waals surface area contributed by atoms with Crippen LogP contribution in [0.3, 0.4) is 0 Å². The minimum Gasteiger partial charge on any atom is -0.465 e. The molecule has 1 aromatic heterocycles. The Kier molecular flexibility index (Phi) is 3.53. The summed E-state index contributed by atoms with van der Waals surface area (Å²) < 4.78 is 4.68. The van der Waals surface area contributed by atoms with Crippen molar-refractivity contribution in [2.75, 3.05) is 7.11 Å². The number of para-hydroxylation sites is 1. The van der Waals surface area contributed by atoms with Crippen LogP contribution in [0.1, 0.15) is 35.7 Å². The molecule has 4 heteroatoms. The molecule has 0 radical (unpaired) electrons. The first-order valence-corrected chi connectivity index (χ1v) is 6.09. The minimum absolute atomic E-state index is 0.299. The van der Waals surface area contributed by atoms with Crippen LogP contribution in [0.5, 0.6) is 0 Å². The molecule has 0 unspecified atom stereocenters. The van der Waals surface area contributed by atoms with Crippen LogP contribution >= 0.6 is 11.6 Å². The van der Waals surface area contributed by atoms with Crippen molar-refractivity contribution in [2.24, 2.45) is 0 Å². The number of carbonyl (C=O) groups excluding carboxylic acids is 1. The zero-order valence-corrected chi connectivity index (χ0v) is 11.3. The second-order valence-corrected chi connectivity index (χ2v) is 4.75. The molecule has 0 N–H and O–H groups in total. The fourth-order valence-corrected chi connectivity index (χ4v) is 2.21. The summed E-state index contributed by atoms with van der Waals surface area (Å²) in [6.45, 7) is 4.19. The number of rotatable bonds is 2. The molecule has 1 aromatic carbocycles. The summed E-state index contributed by atoms with van der Waals surface area (Å²) >= 11 is 6.25. The Morgan fingerprint density at radius 3 is 2.72 bits per heavy atom. The molecular formula is C14H14ClNO2. The zero-order chi connectivity index (χ0) is 13.3. The monoisotopic (exact) mass is 263 g/mol. The fourth-order valence-electron chi connectivity index (χ4n) is 1.93. The number of carbonyl (C=O) groups is 1. The minimum atomic E-state index is -0.468. The lowest BCUT2D eigenvalue weighted by Gasteiger charge is -2.11. The first kappa shape index (κ1) is 12.8. The van der Waals surface area contributed by atoms with E-state index in [1.54, 1.807) is 0 Å². The van der Waals surface area contributed by atoms with Gasteiger partial charge in [0.15, 0.2) is 0 Å². The average Bonchev–Trinajstić information content (AvgIpc) is 2.37. The quantitative estimate of drug-likeness (QED) is 0.774. The van der Waals surface area contributed by atoms with Crippen LogP contribution in [0.2, 0.25) is 5.02 Å². The molecule has 0 aliphatic rings. The number of nitrogens with zero attached hydrogens (tertiary/aromatic N) is 1. The summed E-state index contributed by atoms with van der Waals surface area (Å²) in [7, 11) is 1.33. The summed E-state index contributed by atoms with van der Waals surface area (Å²) in [4.78, 5) is 15.9. The van der Waals surface area contributed by atoms with Gasteiger partial charge in [0.1, 0.15) is 0 Å². The van der Waals surface area contributed by atoms with Crippen LogP contribution in [0, 0.1) is 0 Å². The van der Waals surface area contributed by atoms with Gasteiger partial charge in [0.2, 0.25) is 0 Å². The molecule has 0 amide bonds. The molecule has 0 fully saturated rings. The van der Waals surface area contributed by atoms with Crippen molar-refractivity contribution >= 4 is 28.5 Å². The van der Waals surface area contributed by atoms with Crippen molar-refractivity contribution < 1.29 is 9.53 Å². The van der Waals surface area contributed by atoms with Crippen molar-refractivity contribution in [3.8, 4) is 0 Å². The first-order chi connectivity index (χ1) is 8.56. The second-order valence-electron chi connectivity index (χ2n) is 4.38. The molecule has 0 bridgehead atoms. The smallest absolute Gasteiger partial charge is 0.340 e. The number of fused-ring (bicyclic) bond motifs is 1. The predicted molar refractivity (Wildman–Crippen MR) is 72.2 cm³/mol. The summed E-state index contributed by atoms with van der Waals surface area (Å²) in [5.41, 5.74) is 2.25. The fraction of sp³-hybridized carbons (Fsp3) is 0.286. The zero-order valence-electron chi connectivity index (χ0n) is 10.5. The molecule has 0 saturated heterocycles. The molecule has 2 rings (SSSR count). The number of ether oxygens (including phenoxy) is 1. The SMILES string of the molecule is COC(=O)c1cnc2c(C(C)C)cccc2c1Cl. The van der Waals surface area contributed by atoms with Crippen LogP contribution in [0.4, 0.5) is 0 Å². The third-order valence-corrected chi connectivity index (χ3v) is 3.30. The Labute approximate surface area is 111 Å². The summed E-state index contributed by atoms with van der Waals surface area (Å²) in [5.74, 6) is -0.120. The lowest BCUT2D eigenvalue weighted by Crippen LogP contribution is -2.04. The molecule has 1 heterocycles. The highest BCUT2D eigenvalue weighted by molar-refractivity contribution is 6.38. The molecular weight excluding hydrogens is 250 g/mol. The molecule has 3 nitrogen and oxygen atoms in total. The van der Waals surface area contributed by atoms with E-state index in [-0.39, 0.29) is 0 Å². The van der Waals surface area contributed by atoms with Gasteiger partial charge in [0.25, 0.3) is 0 Å². The van der Waals surface area contributed by atoms with Gasteiger partial charge in [-0.15, -0.1) is 0 Å². The Morgan fingerprint density at radius 2 is 2.11 bits per heavy atom. The van der Waals surface area contributed by atoms with Gasteiger partial charge in [-0.1, -0.05) is 43.6 Å². The second kappa shape index (κ2) is 4.94. The molecule has 0 saturated carbocycles.